The fourth-order valence-corrected chi connectivity index (χ4v) is 8.11. The molecule has 5 rings (SSSR count). The van der Waals surface area contributed by atoms with Crippen molar-refractivity contribution >= 4 is 64.3 Å². The second-order valence-corrected chi connectivity index (χ2v) is 15.9. The molecule has 0 unspecified atom stereocenters. The number of fused-ring (bicyclic) bond motifs is 3. The van der Waals surface area contributed by atoms with Crippen LogP contribution in [0.4, 0.5) is 53.3 Å². The van der Waals surface area contributed by atoms with Gasteiger partial charge in [0.15, 0.2) is 0 Å². The Bertz CT molecular complexity index is 2330. The summed E-state index contributed by atoms with van der Waals surface area (Å²) in [5, 5.41) is 31.3. The van der Waals surface area contributed by atoms with Gasteiger partial charge >= 0.3 is 24.1 Å². The highest BCUT2D eigenvalue weighted by Crippen LogP contribution is 2.55. The van der Waals surface area contributed by atoms with Crippen LogP contribution in [0.3, 0.4) is 0 Å². The molecule has 4 aromatic carbocycles. The van der Waals surface area contributed by atoms with E-state index in [1.165, 1.54) is 6.08 Å². The second-order valence-electron chi connectivity index (χ2n) is 15.9. The van der Waals surface area contributed by atoms with Crippen LogP contribution >= 0.6 is 0 Å². The van der Waals surface area contributed by atoms with E-state index in [9.17, 15) is 24.0 Å². The number of nitriles is 1. The third-order valence-electron chi connectivity index (χ3n) is 11.1. The summed E-state index contributed by atoms with van der Waals surface area (Å²) in [7, 11) is 0. The highest BCUT2D eigenvalue weighted by Gasteiger charge is 2.42. The normalized spacial score (nSPS) is 11.6. The van der Waals surface area contributed by atoms with Crippen molar-refractivity contribution in [1.29, 1.82) is 5.26 Å². The van der Waals surface area contributed by atoms with E-state index in [0.29, 0.717) is 60.1 Å². The molecule has 0 aliphatic heterocycles. The van der Waals surface area contributed by atoms with Crippen LogP contribution in [0.2, 0.25) is 0 Å². The first-order valence-corrected chi connectivity index (χ1v) is 22.5. The summed E-state index contributed by atoms with van der Waals surface area (Å²) in [5.74, 6) is 0. The van der Waals surface area contributed by atoms with Gasteiger partial charge in [-0.1, -0.05) is 89.5 Å². The van der Waals surface area contributed by atoms with Crippen LogP contribution in [-0.2, 0) is 14.9 Å². The predicted octanol–water partition coefficient (Wildman–Crippen LogP) is 11.0. The van der Waals surface area contributed by atoms with Crippen molar-refractivity contribution in [1.82, 2.24) is 10.6 Å². The number of nitrogens with one attached hydrogen (secondary N) is 8. The van der Waals surface area contributed by atoms with Crippen molar-refractivity contribution in [2.75, 3.05) is 58.1 Å². The molecule has 0 heterocycles. The number of carbonyl (C=O) groups is 4. The van der Waals surface area contributed by atoms with E-state index in [0.717, 1.165) is 86.5 Å². The van der Waals surface area contributed by atoms with Gasteiger partial charge in [0.1, 0.15) is 6.61 Å². The largest absolute Gasteiger partial charge is 0.427 e. The van der Waals surface area contributed by atoms with Crippen LogP contribution in [0.25, 0.3) is 11.1 Å². The number of carbonyl (C=O) groups excluding carboxylic acids is 5. The van der Waals surface area contributed by atoms with Gasteiger partial charge in [-0.05, 0) is 109 Å². The summed E-state index contributed by atoms with van der Waals surface area (Å²) >= 11 is 0. The van der Waals surface area contributed by atoms with Gasteiger partial charge in [0.2, 0.25) is 6.08 Å². The molecule has 0 radical (unpaired) electrons. The molecule has 0 aromatic heterocycles. The molecular formula is C49H60N10O6. The van der Waals surface area contributed by atoms with E-state index in [-0.39, 0.29) is 18.6 Å². The highest BCUT2D eigenvalue weighted by atomic mass is 16.5. The summed E-state index contributed by atoms with van der Waals surface area (Å²) in [6.45, 7) is 5.57. The molecular weight excluding hydrogens is 825 g/mol. The molecule has 0 spiro atoms. The maximum absolute atomic E-state index is 13.5. The summed E-state index contributed by atoms with van der Waals surface area (Å²) < 4.78 is 4.63. The molecule has 16 heteroatoms. The van der Waals surface area contributed by atoms with Crippen LogP contribution in [-0.4, -0.2) is 56.4 Å². The molecule has 4 aromatic rings. The third-order valence-corrected chi connectivity index (χ3v) is 11.1. The number of benzene rings is 4. The molecule has 1 aliphatic carbocycles. The fourth-order valence-electron chi connectivity index (χ4n) is 8.11. The predicted molar refractivity (Wildman–Crippen MR) is 256 cm³/mol. The molecule has 1 aliphatic rings. The molecule has 65 heavy (non-hydrogen) atoms. The van der Waals surface area contributed by atoms with E-state index < -0.39 is 24.1 Å². The fraction of sp³-hybridized carbons (Fsp3) is 0.388. The van der Waals surface area contributed by atoms with Crippen molar-refractivity contribution < 1.29 is 28.7 Å². The zero-order valence-electron chi connectivity index (χ0n) is 37.2. The molecule has 0 saturated carbocycles. The first-order valence-electron chi connectivity index (χ1n) is 22.5. The lowest BCUT2D eigenvalue weighted by atomic mass is 9.70. The van der Waals surface area contributed by atoms with Crippen LogP contribution in [0.1, 0.15) is 102 Å². The van der Waals surface area contributed by atoms with Crippen LogP contribution < -0.4 is 42.5 Å². The average molecular weight is 885 g/mol. The lowest BCUT2D eigenvalue weighted by Crippen LogP contribution is -2.30. The van der Waals surface area contributed by atoms with Gasteiger partial charge in [-0.25, -0.2) is 29.0 Å². The van der Waals surface area contributed by atoms with E-state index in [1.54, 1.807) is 54.8 Å². The molecule has 8 N–H and O–H groups in total. The Hall–Kier alpha value is -7.37. The number of ether oxygens (including phenoxy) is 1. The Morgan fingerprint density at radius 1 is 0.554 bits per heavy atom. The maximum atomic E-state index is 13.5. The van der Waals surface area contributed by atoms with Crippen molar-refractivity contribution in [3.05, 3.63) is 96.1 Å². The monoisotopic (exact) mass is 884 g/mol. The first kappa shape index (κ1) is 48.7. The molecule has 16 nitrogen and oxygen atoms in total. The Kier molecular flexibility index (Phi) is 19.2. The number of hydrogen-bond donors (Lipinski definition) is 8. The number of hydrogen-bond acceptors (Lipinski definition) is 8. The minimum Gasteiger partial charge on any atom is -0.427 e. The molecule has 342 valence electrons. The third kappa shape index (κ3) is 14.9. The first-order chi connectivity index (χ1) is 31.7. The van der Waals surface area contributed by atoms with E-state index >= 15 is 0 Å². The van der Waals surface area contributed by atoms with Crippen LogP contribution in [0, 0.1) is 11.5 Å². The number of isocyanates is 1. The van der Waals surface area contributed by atoms with Crippen molar-refractivity contribution in [2.45, 2.75) is 96.3 Å². The van der Waals surface area contributed by atoms with E-state index in [1.807, 2.05) is 12.1 Å². The number of rotatable bonds is 24. The number of anilines is 6. The Morgan fingerprint density at radius 2 is 0.985 bits per heavy atom. The number of amides is 8. The quantitative estimate of drug-likeness (QED) is 0.0147. The van der Waals surface area contributed by atoms with Crippen LogP contribution in [0.5, 0.6) is 0 Å². The van der Waals surface area contributed by atoms with E-state index in [2.05, 4.69) is 90.4 Å². The van der Waals surface area contributed by atoms with E-state index in [4.69, 9.17) is 5.26 Å². The summed E-state index contributed by atoms with van der Waals surface area (Å²) in [6, 6.07) is 24.1. The molecule has 8 amide bonds. The van der Waals surface area contributed by atoms with Crippen molar-refractivity contribution in [3.8, 4) is 17.4 Å². The van der Waals surface area contributed by atoms with Crippen molar-refractivity contribution in [2.24, 2.45) is 4.99 Å². The Balaban J connectivity index is 1.32. The number of nitrogens with zero attached hydrogens (tertiary/aromatic N) is 2. The van der Waals surface area contributed by atoms with Crippen molar-refractivity contribution in [3.63, 3.8) is 0 Å². The summed E-state index contributed by atoms with van der Waals surface area (Å²) in [6.07, 6.45) is 14.6. The van der Waals surface area contributed by atoms with Crippen LogP contribution in [0.15, 0.2) is 89.9 Å². The number of aliphatic imine (C=N–C) groups is 1. The SMILES string of the molecule is CCCCCCC1(CCCCCC)c2cc(NC(=O)Nc3cccc(NC(=O)NCCCN=C=O)c3)ccc2-c2ccc(NC(=O)Nc3cccc(NC(=O)NCCCOC#N)c3)cc21. The Morgan fingerprint density at radius 3 is 1.42 bits per heavy atom. The maximum Gasteiger partial charge on any atom is 0.323 e. The molecule has 0 fully saturated rings. The second kappa shape index (κ2) is 25.7. The molecule has 0 saturated heterocycles. The lowest BCUT2D eigenvalue weighted by molar-refractivity contribution is 0.245. The number of urea groups is 4. The smallest absolute Gasteiger partial charge is 0.323 e. The zero-order valence-corrected chi connectivity index (χ0v) is 37.2. The number of unbranched alkanes of at least 4 members (excludes halogenated alkanes) is 6. The van der Waals surface area contributed by atoms with Gasteiger partial charge in [0, 0.05) is 52.6 Å². The summed E-state index contributed by atoms with van der Waals surface area (Å²) in [4.78, 5) is 65.5. The lowest BCUT2D eigenvalue weighted by Gasteiger charge is -2.33. The average Bonchev–Trinajstić information content (AvgIpc) is 3.54. The topological polar surface area (TPSA) is 227 Å². The van der Waals surface area contributed by atoms with Gasteiger partial charge in [0.05, 0.1) is 6.54 Å². The molecule has 0 bridgehead atoms. The van der Waals surface area contributed by atoms with Gasteiger partial charge in [-0.3, -0.25) is 0 Å². The van der Waals surface area contributed by atoms with Gasteiger partial charge in [-0.2, -0.15) is 5.26 Å². The zero-order chi connectivity index (χ0) is 46.3. The minimum atomic E-state index is -0.435. The highest BCUT2D eigenvalue weighted by molar-refractivity contribution is 6.02. The Labute approximate surface area is 380 Å². The van der Waals surface area contributed by atoms with Gasteiger partial charge in [-0.15, -0.1) is 0 Å². The van der Waals surface area contributed by atoms with Gasteiger partial charge in [0.25, 0.3) is 6.26 Å². The van der Waals surface area contributed by atoms with Gasteiger partial charge < -0.3 is 47.3 Å². The summed E-state index contributed by atoms with van der Waals surface area (Å²) in [5.41, 5.74) is 7.40. The standard InChI is InChI=1S/C49H60N10O6/c1-3-5-7-9-23-49(24-10-8-6-4-2)43-31-39(58-47(63)56-37-17-11-15-35(29-37)54-45(61)52-26-13-25-51-34-60)19-21-41(43)42-22-20-40(32-44(42)49)59-48(64)57-38-18-12-16-36(30-38)55-46(62)53-27-14-28-65-33-50/h11-12,15-22,29-32H,3-10,13-14,23-28H2,1-2H3,(H2,52,54,61)(H2,53,55,62)(H2,56,58,63)(H2,57,59,64). The molecule has 0 atom stereocenters. The minimum absolute atomic E-state index is 0.215.